The number of hydrogen-bond acceptors (Lipinski definition) is 5. The fraction of sp³-hybridized carbons (Fsp3) is 1.00. The maximum Gasteiger partial charge on any atom is 0.497 e. The molecule has 0 bridgehead atoms. The Bertz CT molecular complexity index is 241. The van der Waals surface area contributed by atoms with E-state index in [1.54, 1.807) is 0 Å². The highest BCUT2D eigenvalue weighted by Crippen LogP contribution is 2.17. The van der Waals surface area contributed by atoms with E-state index in [1.165, 1.54) is 0 Å². The Morgan fingerprint density at radius 3 is 2.21 bits per heavy atom. The average molecular weight is 292 g/mol. The van der Waals surface area contributed by atoms with Crippen molar-refractivity contribution < 1.29 is 22.8 Å². The Balaban J connectivity index is 2.26. The lowest BCUT2D eigenvalue weighted by Gasteiger charge is -2.29. The van der Waals surface area contributed by atoms with E-state index in [1.807, 2.05) is 27.3 Å². The summed E-state index contributed by atoms with van der Waals surface area (Å²) in [4.78, 5) is 0. The van der Waals surface area contributed by atoms with Gasteiger partial charge >= 0.3 is 8.80 Å². The molecule has 0 spiro atoms. The van der Waals surface area contributed by atoms with E-state index in [0.29, 0.717) is 25.9 Å². The predicted octanol–water partition coefficient (Wildman–Crippen LogP) is 2.23. The summed E-state index contributed by atoms with van der Waals surface area (Å²) in [5.74, 6) is 0. The summed E-state index contributed by atoms with van der Waals surface area (Å²) in [6.07, 6.45) is 1.35. The minimum absolute atomic E-state index is 0.0601. The number of hydrogen-bond donors (Lipinski definition) is 0. The van der Waals surface area contributed by atoms with Gasteiger partial charge in [0, 0.05) is 25.9 Å². The molecule has 1 heterocycles. The SMILES string of the molecule is CCO[Si](C)(OCC)OC(C)CC(C)OCC1CO1. The molecule has 1 aliphatic rings. The van der Waals surface area contributed by atoms with Gasteiger partial charge in [-0.3, -0.25) is 0 Å². The normalized spacial score (nSPS) is 22.3. The Morgan fingerprint density at radius 1 is 1.16 bits per heavy atom. The molecule has 0 aromatic rings. The van der Waals surface area contributed by atoms with Crippen molar-refractivity contribution in [3.8, 4) is 0 Å². The fourth-order valence-corrected chi connectivity index (χ4v) is 4.11. The van der Waals surface area contributed by atoms with Gasteiger partial charge in [0.15, 0.2) is 0 Å². The van der Waals surface area contributed by atoms with Crippen molar-refractivity contribution in [2.75, 3.05) is 26.4 Å². The van der Waals surface area contributed by atoms with E-state index < -0.39 is 8.80 Å². The van der Waals surface area contributed by atoms with Crippen molar-refractivity contribution in [1.82, 2.24) is 0 Å². The highest BCUT2D eigenvalue weighted by atomic mass is 28.4. The third-order valence-corrected chi connectivity index (χ3v) is 5.32. The maximum atomic E-state index is 6.00. The number of rotatable bonds is 11. The van der Waals surface area contributed by atoms with E-state index in [4.69, 9.17) is 22.8 Å². The summed E-state index contributed by atoms with van der Waals surface area (Å²) < 4.78 is 28.1. The largest absolute Gasteiger partial charge is 0.497 e. The van der Waals surface area contributed by atoms with Gasteiger partial charge in [0.05, 0.1) is 19.3 Å². The number of ether oxygens (including phenoxy) is 2. The topological polar surface area (TPSA) is 49.5 Å². The highest BCUT2D eigenvalue weighted by Gasteiger charge is 2.36. The molecule has 0 radical (unpaired) electrons. The van der Waals surface area contributed by atoms with Crippen LogP contribution < -0.4 is 0 Å². The molecular formula is C13H28O5Si. The maximum absolute atomic E-state index is 6.00. The van der Waals surface area contributed by atoms with Gasteiger partial charge in [0.1, 0.15) is 6.10 Å². The van der Waals surface area contributed by atoms with Crippen molar-refractivity contribution in [3.05, 3.63) is 0 Å². The first kappa shape index (κ1) is 17.1. The van der Waals surface area contributed by atoms with Crippen LogP contribution in [0.25, 0.3) is 0 Å². The first-order chi connectivity index (χ1) is 8.99. The lowest BCUT2D eigenvalue weighted by molar-refractivity contribution is -0.00201. The zero-order valence-electron chi connectivity index (χ0n) is 12.8. The second-order valence-corrected chi connectivity index (χ2v) is 7.53. The van der Waals surface area contributed by atoms with Crippen LogP contribution >= 0.6 is 0 Å². The Hall–Kier alpha value is 0.0169. The van der Waals surface area contributed by atoms with E-state index >= 15 is 0 Å². The summed E-state index contributed by atoms with van der Waals surface area (Å²) >= 11 is 0. The standard InChI is InChI=1S/C13H28O5Si/c1-6-16-19(5,17-7-2)18-12(4)8-11(3)14-9-13-10-15-13/h11-13H,6-10H2,1-5H3. The van der Waals surface area contributed by atoms with Crippen molar-refractivity contribution in [1.29, 1.82) is 0 Å². The van der Waals surface area contributed by atoms with Crippen molar-refractivity contribution >= 4 is 8.80 Å². The van der Waals surface area contributed by atoms with E-state index in [-0.39, 0.29) is 12.2 Å². The van der Waals surface area contributed by atoms with Crippen molar-refractivity contribution in [2.45, 2.75) is 59.0 Å². The Morgan fingerprint density at radius 2 is 1.74 bits per heavy atom. The van der Waals surface area contributed by atoms with Crippen LogP contribution in [0.5, 0.6) is 0 Å². The van der Waals surface area contributed by atoms with Crippen LogP contribution in [0.4, 0.5) is 0 Å². The molecule has 3 unspecified atom stereocenters. The van der Waals surface area contributed by atoms with Gasteiger partial charge in [-0.25, -0.2) is 0 Å². The lowest BCUT2D eigenvalue weighted by atomic mass is 10.2. The summed E-state index contributed by atoms with van der Waals surface area (Å²) in [6.45, 7) is 12.7. The first-order valence-electron chi connectivity index (χ1n) is 7.18. The van der Waals surface area contributed by atoms with Crippen molar-refractivity contribution in [2.24, 2.45) is 0 Å². The van der Waals surface area contributed by atoms with E-state index in [9.17, 15) is 0 Å². The second kappa shape index (κ2) is 8.34. The molecule has 0 aromatic heterocycles. The Kier molecular flexibility index (Phi) is 7.49. The summed E-state index contributed by atoms with van der Waals surface area (Å²) in [5, 5.41) is 0. The molecule has 19 heavy (non-hydrogen) atoms. The van der Waals surface area contributed by atoms with Crippen molar-refractivity contribution in [3.63, 3.8) is 0 Å². The molecule has 0 amide bonds. The third kappa shape index (κ3) is 7.39. The smallest absolute Gasteiger partial charge is 0.376 e. The zero-order valence-corrected chi connectivity index (χ0v) is 13.8. The average Bonchev–Trinajstić information content (AvgIpc) is 3.09. The molecular weight excluding hydrogens is 264 g/mol. The van der Waals surface area contributed by atoms with Crippen LogP contribution in [-0.2, 0) is 22.8 Å². The minimum atomic E-state index is -2.49. The lowest BCUT2D eigenvalue weighted by Crippen LogP contribution is -2.45. The highest BCUT2D eigenvalue weighted by molar-refractivity contribution is 6.59. The van der Waals surface area contributed by atoms with E-state index in [2.05, 4.69) is 6.92 Å². The quantitative estimate of drug-likeness (QED) is 0.432. The van der Waals surface area contributed by atoms with Gasteiger partial charge < -0.3 is 22.8 Å². The summed E-state index contributed by atoms with van der Waals surface area (Å²) in [7, 11) is -2.49. The van der Waals surface area contributed by atoms with Gasteiger partial charge in [0.25, 0.3) is 0 Å². The van der Waals surface area contributed by atoms with Crippen LogP contribution in [0.1, 0.15) is 34.1 Å². The van der Waals surface area contributed by atoms with Crippen LogP contribution in [0, 0.1) is 0 Å². The molecule has 1 fully saturated rings. The van der Waals surface area contributed by atoms with Crippen LogP contribution in [0.15, 0.2) is 0 Å². The van der Waals surface area contributed by atoms with E-state index in [0.717, 1.165) is 13.0 Å². The van der Waals surface area contributed by atoms with Gasteiger partial charge in [-0.2, -0.15) is 0 Å². The summed E-state index contributed by atoms with van der Waals surface area (Å²) in [6, 6.07) is 0. The monoisotopic (exact) mass is 292 g/mol. The van der Waals surface area contributed by atoms with Crippen LogP contribution in [0.3, 0.4) is 0 Å². The first-order valence-corrected chi connectivity index (χ1v) is 9.40. The van der Waals surface area contributed by atoms with Gasteiger partial charge in [-0.05, 0) is 34.1 Å². The molecule has 1 aliphatic heterocycles. The molecule has 0 aromatic carbocycles. The summed E-state index contributed by atoms with van der Waals surface area (Å²) in [5.41, 5.74) is 0. The van der Waals surface area contributed by atoms with Gasteiger partial charge in [0.2, 0.25) is 0 Å². The van der Waals surface area contributed by atoms with Crippen LogP contribution in [-0.4, -0.2) is 53.5 Å². The molecule has 114 valence electrons. The number of epoxide rings is 1. The molecule has 3 atom stereocenters. The fourth-order valence-electron chi connectivity index (χ4n) is 2.02. The van der Waals surface area contributed by atoms with Gasteiger partial charge in [-0.15, -0.1) is 0 Å². The molecule has 6 heteroatoms. The molecule has 0 saturated carbocycles. The molecule has 1 rings (SSSR count). The minimum Gasteiger partial charge on any atom is -0.376 e. The van der Waals surface area contributed by atoms with Gasteiger partial charge in [-0.1, -0.05) is 0 Å². The molecule has 5 nitrogen and oxygen atoms in total. The van der Waals surface area contributed by atoms with Crippen LogP contribution in [0.2, 0.25) is 6.55 Å². The zero-order chi connectivity index (χ0) is 14.3. The molecule has 1 saturated heterocycles. The Labute approximate surface area is 117 Å². The second-order valence-electron chi connectivity index (χ2n) is 4.99. The third-order valence-electron chi connectivity index (χ3n) is 2.86. The predicted molar refractivity (Wildman–Crippen MR) is 75.2 cm³/mol. The molecule has 0 N–H and O–H groups in total. The molecule has 0 aliphatic carbocycles.